The van der Waals surface area contributed by atoms with Crippen LogP contribution in [0.4, 0.5) is 11.6 Å². The van der Waals surface area contributed by atoms with Gasteiger partial charge in [0.25, 0.3) is 0 Å². The molecule has 5 heteroatoms. The van der Waals surface area contributed by atoms with Crippen molar-refractivity contribution in [3.05, 3.63) is 11.4 Å². The molecule has 21 heavy (non-hydrogen) atoms. The van der Waals surface area contributed by atoms with Crippen LogP contribution < -0.4 is 10.2 Å². The van der Waals surface area contributed by atoms with Crippen molar-refractivity contribution in [3.63, 3.8) is 0 Å². The number of hydrogen-bond donors (Lipinski definition) is 1. The van der Waals surface area contributed by atoms with E-state index in [1.807, 2.05) is 7.05 Å². The minimum absolute atomic E-state index is 0.650. The molecule has 0 bridgehead atoms. The van der Waals surface area contributed by atoms with E-state index < -0.39 is 0 Å². The van der Waals surface area contributed by atoms with E-state index in [-0.39, 0.29) is 0 Å². The van der Waals surface area contributed by atoms with Crippen LogP contribution in [-0.4, -0.2) is 54.1 Å². The second kappa shape index (κ2) is 7.07. The Balaban J connectivity index is 2.23. The molecule has 0 spiro atoms. The van der Waals surface area contributed by atoms with Crippen LogP contribution in [0.1, 0.15) is 38.6 Å². The van der Waals surface area contributed by atoms with Gasteiger partial charge in [-0.1, -0.05) is 20.8 Å². The van der Waals surface area contributed by atoms with E-state index in [1.54, 1.807) is 0 Å². The van der Waals surface area contributed by atoms with Crippen LogP contribution in [0.3, 0.4) is 0 Å². The van der Waals surface area contributed by atoms with E-state index >= 15 is 0 Å². The van der Waals surface area contributed by atoms with Gasteiger partial charge in [-0.25, -0.2) is 9.97 Å². The average molecular weight is 291 g/mol. The highest BCUT2D eigenvalue weighted by Gasteiger charge is 2.28. The van der Waals surface area contributed by atoms with Crippen molar-refractivity contribution in [2.45, 2.75) is 46.6 Å². The molecule has 1 fully saturated rings. The third kappa shape index (κ3) is 3.28. The summed E-state index contributed by atoms with van der Waals surface area (Å²) in [5.74, 6) is 3.00. The maximum absolute atomic E-state index is 4.78. The van der Waals surface area contributed by atoms with E-state index in [2.05, 4.69) is 47.8 Å². The largest absolute Gasteiger partial charge is 0.373 e. The van der Waals surface area contributed by atoms with Gasteiger partial charge in [-0.2, -0.15) is 0 Å². The van der Waals surface area contributed by atoms with Crippen molar-refractivity contribution in [2.75, 3.05) is 43.4 Å². The van der Waals surface area contributed by atoms with Gasteiger partial charge in [-0.3, -0.25) is 4.90 Å². The highest BCUT2D eigenvalue weighted by atomic mass is 15.3. The van der Waals surface area contributed by atoms with Gasteiger partial charge in [0, 0.05) is 38.2 Å². The van der Waals surface area contributed by atoms with Crippen molar-refractivity contribution in [1.82, 2.24) is 14.9 Å². The fourth-order valence-electron chi connectivity index (χ4n) is 3.23. The maximum atomic E-state index is 4.78. The van der Waals surface area contributed by atoms with Gasteiger partial charge in [0.1, 0.15) is 17.5 Å². The number of rotatable bonds is 6. The molecule has 1 aromatic heterocycles. The minimum atomic E-state index is 0.650. The first kappa shape index (κ1) is 16.0. The summed E-state index contributed by atoms with van der Waals surface area (Å²) in [5, 5.41) is 3.20. The lowest BCUT2D eigenvalue weighted by molar-refractivity contribution is 0.232. The third-order valence-corrected chi connectivity index (χ3v) is 4.51. The van der Waals surface area contributed by atoms with Gasteiger partial charge >= 0.3 is 0 Å². The van der Waals surface area contributed by atoms with Crippen molar-refractivity contribution < 1.29 is 0 Å². The zero-order valence-corrected chi connectivity index (χ0v) is 14.1. The fraction of sp³-hybridized carbons (Fsp3) is 0.750. The highest BCUT2D eigenvalue weighted by Crippen LogP contribution is 2.28. The lowest BCUT2D eigenvalue weighted by atomic mass is 10.2. The quantitative estimate of drug-likeness (QED) is 0.871. The number of aryl methyl sites for hydroxylation is 1. The van der Waals surface area contributed by atoms with Crippen LogP contribution in [0.2, 0.25) is 0 Å². The predicted octanol–water partition coefficient (Wildman–Crippen LogP) is 2.31. The Morgan fingerprint density at radius 1 is 1.24 bits per heavy atom. The number of nitrogens with one attached hydrogen (secondary N) is 1. The standard InChI is InChI=1S/C16H29N5/c1-6-14-18-15(17-5)12(4)16(19-14)21-10-9-13(11-21)20(7-2)8-3/h13H,6-11H2,1-5H3,(H,17,18,19). The summed E-state index contributed by atoms with van der Waals surface area (Å²) in [6.07, 6.45) is 2.09. The van der Waals surface area contributed by atoms with Gasteiger partial charge in [0.2, 0.25) is 0 Å². The molecule has 2 heterocycles. The molecule has 1 N–H and O–H groups in total. The van der Waals surface area contributed by atoms with Crippen molar-refractivity contribution in [1.29, 1.82) is 0 Å². The molecule has 5 nitrogen and oxygen atoms in total. The maximum Gasteiger partial charge on any atom is 0.137 e. The fourth-order valence-corrected chi connectivity index (χ4v) is 3.23. The van der Waals surface area contributed by atoms with Crippen LogP contribution in [0.25, 0.3) is 0 Å². The highest BCUT2D eigenvalue weighted by molar-refractivity contribution is 5.59. The Kier molecular flexibility index (Phi) is 5.39. The topological polar surface area (TPSA) is 44.3 Å². The molecule has 2 rings (SSSR count). The second-order valence-electron chi connectivity index (χ2n) is 5.65. The van der Waals surface area contributed by atoms with Crippen LogP contribution >= 0.6 is 0 Å². The zero-order valence-electron chi connectivity index (χ0n) is 14.1. The first-order valence-corrected chi connectivity index (χ1v) is 8.18. The Morgan fingerprint density at radius 3 is 2.52 bits per heavy atom. The van der Waals surface area contributed by atoms with Crippen molar-refractivity contribution in [3.8, 4) is 0 Å². The SMILES string of the molecule is CCc1nc(NC)c(C)c(N2CCC(N(CC)CC)C2)n1. The van der Waals surface area contributed by atoms with E-state index in [1.165, 1.54) is 6.42 Å². The van der Waals surface area contributed by atoms with Gasteiger partial charge in [0.05, 0.1) is 0 Å². The number of likely N-dealkylation sites (N-methyl/N-ethyl adjacent to an activating group) is 1. The monoisotopic (exact) mass is 291 g/mol. The first-order valence-electron chi connectivity index (χ1n) is 8.18. The molecule has 118 valence electrons. The lowest BCUT2D eigenvalue weighted by Gasteiger charge is -2.27. The normalized spacial score (nSPS) is 18.6. The molecule has 1 aromatic rings. The summed E-state index contributed by atoms with van der Waals surface area (Å²) in [5.41, 5.74) is 1.16. The number of anilines is 2. The Morgan fingerprint density at radius 2 is 1.95 bits per heavy atom. The molecule has 0 aromatic carbocycles. The summed E-state index contributed by atoms with van der Waals surface area (Å²) in [7, 11) is 1.93. The molecule has 1 aliphatic rings. The van der Waals surface area contributed by atoms with Gasteiger partial charge in [-0.05, 0) is 26.4 Å². The Hall–Kier alpha value is -1.36. The molecule has 0 aliphatic carbocycles. The van der Waals surface area contributed by atoms with E-state index in [0.29, 0.717) is 6.04 Å². The molecular formula is C16H29N5. The first-order chi connectivity index (χ1) is 10.1. The number of aromatic nitrogens is 2. The van der Waals surface area contributed by atoms with Gasteiger partial charge in [0.15, 0.2) is 0 Å². The third-order valence-electron chi connectivity index (χ3n) is 4.51. The lowest BCUT2D eigenvalue weighted by Crippen LogP contribution is -2.37. The predicted molar refractivity (Wildman–Crippen MR) is 89.2 cm³/mol. The Labute approximate surface area is 128 Å². The van der Waals surface area contributed by atoms with E-state index in [9.17, 15) is 0 Å². The van der Waals surface area contributed by atoms with Gasteiger partial charge < -0.3 is 10.2 Å². The average Bonchev–Trinajstić information content (AvgIpc) is 2.98. The number of hydrogen-bond acceptors (Lipinski definition) is 5. The molecule has 0 amide bonds. The molecule has 0 radical (unpaired) electrons. The summed E-state index contributed by atoms with van der Waals surface area (Å²) in [6.45, 7) is 13.1. The Bertz CT molecular complexity index is 470. The zero-order chi connectivity index (χ0) is 15.4. The smallest absolute Gasteiger partial charge is 0.137 e. The molecule has 1 saturated heterocycles. The van der Waals surface area contributed by atoms with Crippen LogP contribution in [0, 0.1) is 6.92 Å². The molecular weight excluding hydrogens is 262 g/mol. The van der Waals surface area contributed by atoms with E-state index in [4.69, 9.17) is 4.98 Å². The summed E-state index contributed by atoms with van der Waals surface area (Å²) in [6, 6.07) is 0.650. The van der Waals surface area contributed by atoms with Crippen LogP contribution in [0.5, 0.6) is 0 Å². The molecule has 1 atom stereocenters. The summed E-state index contributed by atoms with van der Waals surface area (Å²) in [4.78, 5) is 14.3. The molecule has 1 aliphatic heterocycles. The molecule has 1 unspecified atom stereocenters. The van der Waals surface area contributed by atoms with Crippen molar-refractivity contribution in [2.24, 2.45) is 0 Å². The summed E-state index contributed by atoms with van der Waals surface area (Å²) >= 11 is 0. The summed E-state index contributed by atoms with van der Waals surface area (Å²) < 4.78 is 0. The van der Waals surface area contributed by atoms with Crippen LogP contribution in [0.15, 0.2) is 0 Å². The second-order valence-corrected chi connectivity index (χ2v) is 5.65. The van der Waals surface area contributed by atoms with Gasteiger partial charge in [-0.15, -0.1) is 0 Å². The number of nitrogens with zero attached hydrogens (tertiary/aromatic N) is 4. The molecule has 0 saturated carbocycles. The van der Waals surface area contributed by atoms with E-state index in [0.717, 1.165) is 55.6 Å². The minimum Gasteiger partial charge on any atom is -0.373 e. The van der Waals surface area contributed by atoms with Crippen molar-refractivity contribution >= 4 is 11.6 Å². The van der Waals surface area contributed by atoms with Crippen LogP contribution in [-0.2, 0) is 6.42 Å².